The molecule has 88 valence electrons. The quantitative estimate of drug-likeness (QED) is 0.834. The van der Waals surface area contributed by atoms with Gasteiger partial charge in [0.2, 0.25) is 0 Å². The topological polar surface area (TPSA) is 85.3 Å². The van der Waals surface area contributed by atoms with Crippen LogP contribution in [0.25, 0.3) is 5.00 Å². The summed E-state index contributed by atoms with van der Waals surface area (Å²) < 4.78 is 1.35. The van der Waals surface area contributed by atoms with Gasteiger partial charge in [-0.2, -0.15) is 0 Å². The maximum absolute atomic E-state index is 11.6. The van der Waals surface area contributed by atoms with Gasteiger partial charge in [-0.3, -0.25) is 14.2 Å². The summed E-state index contributed by atoms with van der Waals surface area (Å²) in [7, 11) is 0. The number of pyridine rings is 1. The molecule has 2 rings (SSSR count). The largest absolute Gasteiger partial charge is 0.508 e. The number of hydrogen-bond acceptors (Lipinski definition) is 4. The SMILES string of the molecule is Cc1cc(-n2ccc(O)cc2=O)sc1C(N)=O. The number of aryl methyl sites for hydroxylation is 1. The second-order valence-corrected chi connectivity index (χ2v) is 4.58. The number of hydrogen-bond donors (Lipinski definition) is 2. The first kappa shape index (κ1) is 11.4. The van der Waals surface area contributed by atoms with Crippen molar-refractivity contribution in [1.29, 1.82) is 0 Å². The number of rotatable bonds is 2. The molecule has 0 aromatic carbocycles. The Balaban J connectivity index is 2.58. The molecule has 5 nitrogen and oxygen atoms in total. The number of amides is 1. The molecule has 0 bridgehead atoms. The van der Waals surface area contributed by atoms with Crippen molar-refractivity contribution in [2.75, 3.05) is 0 Å². The first-order valence-electron chi connectivity index (χ1n) is 4.81. The van der Waals surface area contributed by atoms with Crippen LogP contribution in [-0.4, -0.2) is 15.6 Å². The van der Waals surface area contributed by atoms with Crippen LogP contribution < -0.4 is 11.3 Å². The Labute approximate surface area is 101 Å². The Hall–Kier alpha value is -2.08. The molecule has 0 fully saturated rings. The van der Waals surface area contributed by atoms with Crippen LogP contribution in [0.15, 0.2) is 29.2 Å². The number of nitrogens with two attached hydrogens (primary N) is 1. The van der Waals surface area contributed by atoms with Gasteiger partial charge in [-0.1, -0.05) is 0 Å². The lowest BCUT2D eigenvalue weighted by atomic mass is 10.3. The molecule has 6 heteroatoms. The second-order valence-electron chi connectivity index (χ2n) is 3.55. The van der Waals surface area contributed by atoms with E-state index in [0.29, 0.717) is 9.88 Å². The van der Waals surface area contributed by atoms with E-state index in [-0.39, 0.29) is 11.3 Å². The highest BCUT2D eigenvalue weighted by Gasteiger charge is 2.12. The monoisotopic (exact) mass is 250 g/mol. The number of aromatic hydroxyl groups is 1. The summed E-state index contributed by atoms with van der Waals surface area (Å²) in [6, 6.07) is 4.22. The predicted octanol–water partition coefficient (Wildman–Crippen LogP) is 1.01. The Kier molecular flexibility index (Phi) is 2.72. The Morgan fingerprint density at radius 3 is 2.71 bits per heavy atom. The minimum Gasteiger partial charge on any atom is -0.508 e. The van der Waals surface area contributed by atoms with Gasteiger partial charge in [-0.15, -0.1) is 11.3 Å². The second kappa shape index (κ2) is 4.06. The molecule has 0 unspecified atom stereocenters. The fourth-order valence-electron chi connectivity index (χ4n) is 1.48. The third-order valence-corrected chi connectivity index (χ3v) is 3.52. The highest BCUT2D eigenvalue weighted by Crippen LogP contribution is 2.24. The van der Waals surface area contributed by atoms with Crippen LogP contribution >= 0.6 is 11.3 Å². The van der Waals surface area contributed by atoms with Crippen molar-refractivity contribution in [3.63, 3.8) is 0 Å². The van der Waals surface area contributed by atoms with Crippen molar-refractivity contribution in [3.8, 4) is 10.8 Å². The van der Waals surface area contributed by atoms with Gasteiger partial charge in [0, 0.05) is 12.3 Å². The van der Waals surface area contributed by atoms with E-state index in [4.69, 9.17) is 10.8 Å². The standard InChI is InChI=1S/C11H10N2O3S/c1-6-4-9(17-10(6)11(12)16)13-3-2-7(14)5-8(13)15/h2-5,14H,1H3,(H2,12,16). The molecule has 0 saturated heterocycles. The van der Waals surface area contributed by atoms with Crippen LogP contribution in [-0.2, 0) is 0 Å². The Bertz CT molecular complexity index is 642. The molecule has 0 saturated carbocycles. The molecule has 2 heterocycles. The van der Waals surface area contributed by atoms with Crippen LogP contribution in [0.1, 0.15) is 15.2 Å². The molecule has 0 aliphatic rings. The zero-order valence-electron chi connectivity index (χ0n) is 9.01. The van der Waals surface area contributed by atoms with Gasteiger partial charge in [0.15, 0.2) is 0 Å². The number of aromatic nitrogens is 1. The Morgan fingerprint density at radius 1 is 1.47 bits per heavy atom. The summed E-state index contributed by atoms with van der Waals surface area (Å²) in [5.74, 6) is -0.597. The van der Waals surface area contributed by atoms with Gasteiger partial charge in [0.25, 0.3) is 11.5 Å². The third kappa shape index (κ3) is 2.07. The predicted molar refractivity (Wildman–Crippen MR) is 64.8 cm³/mol. The van der Waals surface area contributed by atoms with Gasteiger partial charge in [-0.05, 0) is 24.6 Å². The summed E-state index contributed by atoms with van der Waals surface area (Å²) >= 11 is 1.15. The number of carbonyl (C=O) groups is 1. The van der Waals surface area contributed by atoms with E-state index in [1.165, 1.54) is 16.8 Å². The molecule has 3 N–H and O–H groups in total. The number of carbonyl (C=O) groups excluding carboxylic acids is 1. The zero-order valence-corrected chi connectivity index (χ0v) is 9.82. The number of thiophene rings is 1. The lowest BCUT2D eigenvalue weighted by Gasteiger charge is -2.00. The van der Waals surface area contributed by atoms with E-state index in [1.807, 2.05) is 0 Å². The minimum absolute atomic E-state index is 0.0883. The maximum atomic E-state index is 11.6. The van der Waals surface area contributed by atoms with Crippen LogP contribution in [0.3, 0.4) is 0 Å². The molecule has 2 aromatic heterocycles. The van der Waals surface area contributed by atoms with Crippen molar-refractivity contribution in [2.45, 2.75) is 6.92 Å². The van der Waals surface area contributed by atoms with E-state index in [2.05, 4.69) is 0 Å². The molecular formula is C11H10N2O3S. The number of nitrogens with zero attached hydrogens (tertiary/aromatic N) is 1. The van der Waals surface area contributed by atoms with Crippen molar-refractivity contribution < 1.29 is 9.90 Å². The van der Waals surface area contributed by atoms with E-state index >= 15 is 0 Å². The molecule has 0 radical (unpaired) electrons. The van der Waals surface area contributed by atoms with Gasteiger partial charge in [0.1, 0.15) is 10.8 Å². The van der Waals surface area contributed by atoms with Crippen molar-refractivity contribution >= 4 is 17.2 Å². The average molecular weight is 250 g/mol. The van der Waals surface area contributed by atoms with Gasteiger partial charge in [0.05, 0.1) is 4.88 Å². The minimum atomic E-state index is -0.509. The molecule has 2 aromatic rings. The van der Waals surface area contributed by atoms with Crippen LogP contribution in [0.2, 0.25) is 0 Å². The highest BCUT2D eigenvalue weighted by atomic mass is 32.1. The fourth-order valence-corrected chi connectivity index (χ4v) is 2.49. The lowest BCUT2D eigenvalue weighted by Crippen LogP contribution is -2.14. The molecule has 0 spiro atoms. The van der Waals surface area contributed by atoms with Gasteiger partial charge < -0.3 is 10.8 Å². The first-order valence-corrected chi connectivity index (χ1v) is 5.63. The highest BCUT2D eigenvalue weighted by molar-refractivity contribution is 7.16. The van der Waals surface area contributed by atoms with E-state index in [1.54, 1.807) is 13.0 Å². The summed E-state index contributed by atoms with van der Waals surface area (Å²) in [4.78, 5) is 23.2. The summed E-state index contributed by atoms with van der Waals surface area (Å²) in [5.41, 5.74) is 5.59. The first-order chi connectivity index (χ1) is 7.99. The van der Waals surface area contributed by atoms with Gasteiger partial charge in [-0.25, -0.2) is 0 Å². The van der Waals surface area contributed by atoms with Crippen LogP contribution in [0, 0.1) is 6.92 Å². The average Bonchev–Trinajstić information content (AvgIpc) is 2.60. The van der Waals surface area contributed by atoms with E-state index < -0.39 is 5.91 Å². The summed E-state index contributed by atoms with van der Waals surface area (Å²) in [6.07, 6.45) is 1.45. The summed E-state index contributed by atoms with van der Waals surface area (Å²) in [5, 5.41) is 9.75. The maximum Gasteiger partial charge on any atom is 0.259 e. The van der Waals surface area contributed by atoms with Crippen molar-refractivity contribution in [1.82, 2.24) is 4.57 Å². The fraction of sp³-hybridized carbons (Fsp3) is 0.0909. The molecule has 0 aliphatic carbocycles. The van der Waals surface area contributed by atoms with Crippen LogP contribution in [0.4, 0.5) is 0 Å². The van der Waals surface area contributed by atoms with Crippen LogP contribution in [0.5, 0.6) is 5.75 Å². The lowest BCUT2D eigenvalue weighted by molar-refractivity contribution is 0.100. The third-order valence-electron chi connectivity index (χ3n) is 2.27. The Morgan fingerprint density at radius 2 is 2.18 bits per heavy atom. The molecule has 1 amide bonds. The van der Waals surface area contributed by atoms with E-state index in [0.717, 1.165) is 23.0 Å². The zero-order chi connectivity index (χ0) is 12.6. The molecule has 0 atom stereocenters. The molecule has 0 aliphatic heterocycles. The van der Waals surface area contributed by atoms with E-state index in [9.17, 15) is 9.59 Å². The summed E-state index contributed by atoms with van der Waals surface area (Å²) in [6.45, 7) is 1.76. The number of primary amides is 1. The molecular weight excluding hydrogens is 240 g/mol. The van der Waals surface area contributed by atoms with Gasteiger partial charge >= 0.3 is 0 Å². The van der Waals surface area contributed by atoms with Crippen molar-refractivity contribution in [3.05, 3.63) is 45.2 Å². The van der Waals surface area contributed by atoms with Crippen molar-refractivity contribution in [2.24, 2.45) is 5.73 Å². The molecule has 17 heavy (non-hydrogen) atoms. The normalized spacial score (nSPS) is 10.4. The smallest absolute Gasteiger partial charge is 0.259 e.